The second-order valence-electron chi connectivity index (χ2n) is 8.36. The van der Waals surface area contributed by atoms with Crippen LogP contribution in [-0.2, 0) is 17.6 Å². The van der Waals surface area contributed by atoms with Crippen LogP contribution in [-0.4, -0.2) is 82.5 Å². The Kier molecular flexibility index (Phi) is 6.29. The van der Waals surface area contributed by atoms with Crippen molar-refractivity contribution in [2.24, 2.45) is 5.73 Å². The van der Waals surface area contributed by atoms with E-state index in [0.29, 0.717) is 24.0 Å². The highest BCUT2D eigenvalue weighted by Gasteiger charge is 2.39. The molecule has 10 nitrogen and oxygen atoms in total. The van der Waals surface area contributed by atoms with Crippen LogP contribution in [0, 0.1) is 0 Å². The number of nitrogens with two attached hydrogens (primary N) is 1. The second kappa shape index (κ2) is 8.99. The largest absolute Gasteiger partial charge is 0.368 e. The van der Waals surface area contributed by atoms with Crippen molar-refractivity contribution < 1.29 is 9.59 Å². The van der Waals surface area contributed by atoms with E-state index >= 15 is 0 Å². The van der Waals surface area contributed by atoms with Crippen LogP contribution in [0.3, 0.4) is 0 Å². The van der Waals surface area contributed by atoms with E-state index in [1.165, 1.54) is 16.2 Å². The highest BCUT2D eigenvalue weighted by Crippen LogP contribution is 2.39. The van der Waals surface area contributed by atoms with Gasteiger partial charge in [0.15, 0.2) is 5.13 Å². The van der Waals surface area contributed by atoms with Gasteiger partial charge >= 0.3 is 6.03 Å². The number of amides is 3. The first-order valence-corrected chi connectivity index (χ1v) is 11.8. The van der Waals surface area contributed by atoms with Crippen LogP contribution in [0.25, 0.3) is 10.6 Å². The number of rotatable bonds is 6. The zero-order valence-electron chi connectivity index (χ0n) is 19.0. The molecule has 4 rings (SSSR count). The van der Waals surface area contributed by atoms with Gasteiger partial charge in [0.05, 0.1) is 16.3 Å². The molecule has 1 fully saturated rings. The summed E-state index contributed by atoms with van der Waals surface area (Å²) in [6.45, 7) is 6.27. The molecule has 1 aliphatic carbocycles. The first-order chi connectivity index (χ1) is 15.3. The summed E-state index contributed by atoms with van der Waals surface area (Å²) in [4.78, 5) is 45.5. The molecule has 3 amide bonds. The Hall–Kier alpha value is -2.79. The molecule has 2 atom stereocenters. The fourth-order valence-electron chi connectivity index (χ4n) is 4.29. The van der Waals surface area contributed by atoms with E-state index in [1.54, 1.807) is 0 Å². The lowest BCUT2D eigenvalue weighted by atomic mass is 10.00. The fraction of sp³-hybridized carbons (Fsp3) is 0.571. The van der Waals surface area contributed by atoms with Crippen LogP contribution in [0.5, 0.6) is 0 Å². The molecule has 0 saturated carbocycles. The molecule has 0 aromatic carbocycles. The summed E-state index contributed by atoms with van der Waals surface area (Å²) >= 11 is 1.41. The van der Waals surface area contributed by atoms with E-state index in [0.717, 1.165) is 47.8 Å². The number of anilines is 2. The summed E-state index contributed by atoms with van der Waals surface area (Å²) < 4.78 is 0. The maximum Gasteiger partial charge on any atom is 0.324 e. The number of hydrogen-bond donors (Lipinski definition) is 2. The third kappa shape index (κ3) is 4.14. The zero-order valence-corrected chi connectivity index (χ0v) is 19.8. The smallest absolute Gasteiger partial charge is 0.324 e. The highest BCUT2D eigenvalue weighted by atomic mass is 32.1. The Morgan fingerprint density at radius 2 is 2.00 bits per heavy atom. The molecule has 0 spiro atoms. The van der Waals surface area contributed by atoms with Gasteiger partial charge in [0.1, 0.15) is 6.04 Å². The first kappa shape index (κ1) is 22.4. The molecule has 3 heterocycles. The number of hydrogen-bond acceptors (Lipinski definition) is 8. The fourth-order valence-corrected chi connectivity index (χ4v) is 5.32. The first-order valence-electron chi connectivity index (χ1n) is 11.0. The molecule has 1 saturated heterocycles. The number of aromatic nitrogens is 3. The molecule has 32 heavy (non-hydrogen) atoms. The molecule has 2 aliphatic rings. The number of urea groups is 1. The SMILES string of the molecule is CCN(CC)c1ncc2c(n1)-c1sc(NC(=O)N3C[C@@H](N(C)C)C[C@H]3C(N)=O)nc1CC2. The molecule has 2 aromatic rings. The summed E-state index contributed by atoms with van der Waals surface area (Å²) in [5, 5.41) is 3.40. The number of primary amides is 1. The molecule has 172 valence electrons. The topological polar surface area (TPSA) is 121 Å². The summed E-state index contributed by atoms with van der Waals surface area (Å²) in [6.07, 6.45) is 4.03. The van der Waals surface area contributed by atoms with Gasteiger partial charge in [0.25, 0.3) is 0 Å². The van der Waals surface area contributed by atoms with Crippen LogP contribution in [0.2, 0.25) is 0 Å². The van der Waals surface area contributed by atoms with Gasteiger partial charge in [-0.15, -0.1) is 0 Å². The third-order valence-electron chi connectivity index (χ3n) is 6.25. The minimum Gasteiger partial charge on any atom is -0.368 e. The summed E-state index contributed by atoms with van der Waals surface area (Å²) in [7, 11) is 3.87. The predicted molar refractivity (Wildman–Crippen MR) is 125 cm³/mol. The lowest BCUT2D eigenvalue weighted by molar-refractivity contribution is -0.121. The molecule has 0 bridgehead atoms. The monoisotopic (exact) mass is 458 g/mol. The van der Waals surface area contributed by atoms with Crippen LogP contribution >= 0.6 is 11.3 Å². The molecule has 1 aliphatic heterocycles. The van der Waals surface area contributed by atoms with E-state index in [1.807, 2.05) is 25.2 Å². The van der Waals surface area contributed by atoms with Gasteiger partial charge in [-0.1, -0.05) is 11.3 Å². The van der Waals surface area contributed by atoms with Gasteiger partial charge in [0.2, 0.25) is 11.9 Å². The van der Waals surface area contributed by atoms with Gasteiger partial charge in [-0.25, -0.2) is 19.7 Å². The van der Waals surface area contributed by atoms with E-state index in [9.17, 15) is 9.59 Å². The number of nitrogens with zero attached hydrogens (tertiary/aromatic N) is 6. The van der Waals surface area contributed by atoms with Crippen molar-refractivity contribution in [3.63, 3.8) is 0 Å². The number of aryl methyl sites for hydroxylation is 2. The van der Waals surface area contributed by atoms with Crippen molar-refractivity contribution in [2.45, 2.75) is 45.2 Å². The molecular formula is C21H30N8O2S. The minimum absolute atomic E-state index is 0.0878. The van der Waals surface area contributed by atoms with E-state index in [-0.39, 0.29) is 12.1 Å². The van der Waals surface area contributed by atoms with Gasteiger partial charge in [-0.2, -0.15) is 0 Å². The quantitative estimate of drug-likeness (QED) is 0.674. The van der Waals surface area contributed by atoms with Crippen molar-refractivity contribution in [3.8, 4) is 10.6 Å². The molecule has 0 radical (unpaired) electrons. The number of fused-ring (bicyclic) bond motifs is 3. The predicted octanol–water partition coefficient (Wildman–Crippen LogP) is 1.57. The number of likely N-dealkylation sites (tertiary alicyclic amines) is 1. The normalized spacial score (nSPS) is 19.6. The summed E-state index contributed by atoms with van der Waals surface area (Å²) in [5.74, 6) is 0.217. The van der Waals surface area contributed by atoms with Crippen molar-refractivity contribution in [1.29, 1.82) is 0 Å². The average Bonchev–Trinajstić information content (AvgIpc) is 3.39. The number of carbonyl (C=O) groups is 2. The van der Waals surface area contributed by atoms with Crippen LogP contribution in [0.15, 0.2) is 6.20 Å². The van der Waals surface area contributed by atoms with Gasteiger partial charge in [-0.3, -0.25) is 10.1 Å². The maximum atomic E-state index is 13.0. The zero-order chi connectivity index (χ0) is 23.0. The molecule has 2 aromatic heterocycles. The Morgan fingerprint density at radius 3 is 2.66 bits per heavy atom. The Morgan fingerprint density at radius 1 is 1.25 bits per heavy atom. The lowest BCUT2D eigenvalue weighted by Crippen LogP contribution is -2.45. The molecule has 3 N–H and O–H groups in total. The standard InChI is InChI=1S/C21H30N8O2S/c1-5-28(6-2)19-23-10-12-7-8-14-17(16(12)25-19)32-20(24-14)26-21(31)29-11-13(27(3)4)9-15(29)18(22)30/h10,13,15H,5-9,11H2,1-4H3,(H2,22,30)(H,24,26,31)/t13-,15-/m0/s1. The number of likely N-dealkylation sites (N-methyl/N-ethyl adjacent to an activating group) is 1. The number of nitrogens with one attached hydrogen (secondary N) is 1. The van der Waals surface area contributed by atoms with Crippen molar-refractivity contribution in [1.82, 2.24) is 24.8 Å². The van der Waals surface area contributed by atoms with Crippen molar-refractivity contribution in [2.75, 3.05) is 43.9 Å². The van der Waals surface area contributed by atoms with Gasteiger partial charge < -0.3 is 20.4 Å². The number of thiazole rings is 1. The van der Waals surface area contributed by atoms with Crippen LogP contribution < -0.4 is 16.0 Å². The highest BCUT2D eigenvalue weighted by molar-refractivity contribution is 7.19. The Bertz CT molecular complexity index is 1020. The van der Waals surface area contributed by atoms with Crippen molar-refractivity contribution in [3.05, 3.63) is 17.5 Å². The summed E-state index contributed by atoms with van der Waals surface area (Å²) in [6, 6.07) is -0.886. The molecular weight excluding hydrogens is 428 g/mol. The summed E-state index contributed by atoms with van der Waals surface area (Å²) in [5.41, 5.74) is 8.49. The average molecular weight is 459 g/mol. The van der Waals surface area contributed by atoms with Gasteiger partial charge in [-0.05, 0) is 52.8 Å². The van der Waals surface area contributed by atoms with Crippen molar-refractivity contribution >= 4 is 34.4 Å². The van der Waals surface area contributed by atoms with E-state index in [4.69, 9.17) is 10.7 Å². The van der Waals surface area contributed by atoms with E-state index < -0.39 is 11.9 Å². The van der Waals surface area contributed by atoms with Gasteiger partial charge in [0, 0.05) is 31.9 Å². The lowest BCUT2D eigenvalue weighted by Gasteiger charge is -2.22. The van der Waals surface area contributed by atoms with Crippen LogP contribution in [0.4, 0.5) is 15.9 Å². The third-order valence-corrected chi connectivity index (χ3v) is 7.27. The second-order valence-corrected chi connectivity index (χ2v) is 9.36. The Balaban J connectivity index is 1.57. The van der Waals surface area contributed by atoms with E-state index in [2.05, 4.69) is 34.0 Å². The number of carbonyl (C=O) groups excluding carboxylic acids is 2. The van der Waals surface area contributed by atoms with Crippen LogP contribution in [0.1, 0.15) is 31.5 Å². The Labute approximate surface area is 191 Å². The maximum absolute atomic E-state index is 13.0. The minimum atomic E-state index is -0.623. The molecule has 11 heteroatoms. The molecule has 0 unspecified atom stereocenters.